The van der Waals surface area contributed by atoms with E-state index in [2.05, 4.69) is 27.5 Å². The van der Waals surface area contributed by atoms with Gasteiger partial charge in [0, 0.05) is 59.9 Å². The fraction of sp³-hybridized carbons (Fsp3) is 0.414. The predicted octanol–water partition coefficient (Wildman–Crippen LogP) is 4.56. The van der Waals surface area contributed by atoms with Crippen LogP contribution in [0.5, 0.6) is 5.75 Å². The van der Waals surface area contributed by atoms with Crippen LogP contribution in [-0.4, -0.2) is 48.8 Å². The summed E-state index contributed by atoms with van der Waals surface area (Å²) in [4.78, 5) is 21.7. The van der Waals surface area contributed by atoms with E-state index in [9.17, 15) is 4.79 Å². The van der Waals surface area contributed by atoms with E-state index in [-0.39, 0.29) is 11.8 Å². The summed E-state index contributed by atoms with van der Waals surface area (Å²) in [6, 6.07) is 13.0. The molecule has 0 aliphatic carbocycles. The standard InChI is InChI=1S/C29H35N5O4/c1-19-8-10-31-28(35)21-4-6-24(25(30)14-21)26-9-11-32-29(34-26)33-23-5-7-27(22(13-23)18-37-15-19)38-17-20-3-2-12-36-16-20/h4-7,9,11,13-14,19-20H,2-3,8,10,12,15-18,30H2,1H3,(H,31,35)(H,32,33,34). The molecule has 2 aromatic carbocycles. The van der Waals surface area contributed by atoms with Gasteiger partial charge in [-0.15, -0.1) is 0 Å². The SMILES string of the molecule is CC1CCNC(=O)c2ccc(c(N)c2)-c2ccnc(n2)Nc2ccc(OCC3CCCOC3)c(c2)COC1. The number of carbonyl (C=O) groups excluding carboxylic acids is 1. The molecule has 6 rings (SSSR count). The molecule has 4 N–H and O–H groups in total. The lowest BCUT2D eigenvalue weighted by atomic mass is 10.0. The molecule has 9 nitrogen and oxygen atoms in total. The third-order valence-corrected chi connectivity index (χ3v) is 6.87. The van der Waals surface area contributed by atoms with Crippen molar-refractivity contribution in [2.24, 2.45) is 11.8 Å². The summed E-state index contributed by atoms with van der Waals surface area (Å²) in [7, 11) is 0. The van der Waals surface area contributed by atoms with E-state index in [1.807, 2.05) is 24.3 Å². The highest BCUT2D eigenvalue weighted by atomic mass is 16.5. The van der Waals surface area contributed by atoms with Crippen LogP contribution in [0.25, 0.3) is 11.3 Å². The van der Waals surface area contributed by atoms with Gasteiger partial charge in [-0.3, -0.25) is 4.79 Å². The van der Waals surface area contributed by atoms with E-state index in [0.29, 0.717) is 55.2 Å². The number of hydrogen-bond donors (Lipinski definition) is 3. The molecule has 3 aromatic rings. The van der Waals surface area contributed by atoms with Gasteiger partial charge < -0.3 is 30.6 Å². The molecule has 2 atom stereocenters. The number of nitrogens with one attached hydrogen (secondary N) is 2. The second kappa shape index (κ2) is 12.2. The number of fused-ring (bicyclic) bond motifs is 9. The van der Waals surface area contributed by atoms with Crippen molar-refractivity contribution in [1.29, 1.82) is 0 Å². The summed E-state index contributed by atoms with van der Waals surface area (Å²) in [5.41, 5.74) is 10.5. The molecule has 0 spiro atoms. The van der Waals surface area contributed by atoms with Gasteiger partial charge in [-0.1, -0.05) is 6.92 Å². The van der Waals surface area contributed by atoms with Gasteiger partial charge in [0.15, 0.2) is 0 Å². The Bertz CT molecular complexity index is 1260. The van der Waals surface area contributed by atoms with Gasteiger partial charge in [-0.25, -0.2) is 9.97 Å². The molecule has 38 heavy (non-hydrogen) atoms. The first kappa shape index (κ1) is 25.9. The minimum Gasteiger partial charge on any atom is -0.493 e. The van der Waals surface area contributed by atoms with Gasteiger partial charge in [0.2, 0.25) is 5.95 Å². The molecule has 1 amide bonds. The Kier molecular flexibility index (Phi) is 8.35. The maximum Gasteiger partial charge on any atom is 0.251 e. The van der Waals surface area contributed by atoms with Crippen molar-refractivity contribution in [3.8, 4) is 17.0 Å². The lowest BCUT2D eigenvalue weighted by Crippen LogP contribution is -2.26. The number of rotatable bonds is 3. The van der Waals surface area contributed by atoms with Crippen LogP contribution in [0.1, 0.15) is 42.1 Å². The van der Waals surface area contributed by atoms with Crippen molar-refractivity contribution in [3.05, 3.63) is 59.8 Å². The average Bonchev–Trinajstić information content (AvgIpc) is 2.93. The summed E-state index contributed by atoms with van der Waals surface area (Å²) in [5, 5.41) is 6.28. The Hall–Kier alpha value is -3.69. The zero-order chi connectivity index (χ0) is 26.3. The Labute approximate surface area is 223 Å². The third-order valence-electron chi connectivity index (χ3n) is 6.87. The zero-order valence-electron chi connectivity index (χ0n) is 21.7. The molecule has 1 fully saturated rings. The van der Waals surface area contributed by atoms with Crippen molar-refractivity contribution >= 4 is 23.2 Å². The third kappa shape index (κ3) is 6.59. The first-order valence-corrected chi connectivity index (χ1v) is 13.2. The van der Waals surface area contributed by atoms with Crippen LogP contribution in [0.2, 0.25) is 0 Å². The summed E-state index contributed by atoms with van der Waals surface area (Å²) in [5.74, 6) is 1.75. The van der Waals surface area contributed by atoms with Crippen LogP contribution >= 0.6 is 0 Å². The van der Waals surface area contributed by atoms with E-state index >= 15 is 0 Å². The highest BCUT2D eigenvalue weighted by Gasteiger charge is 2.17. The molecule has 9 heteroatoms. The lowest BCUT2D eigenvalue weighted by Gasteiger charge is -2.23. The molecular weight excluding hydrogens is 482 g/mol. The molecular formula is C29H35N5O4. The molecule has 0 radical (unpaired) electrons. The summed E-state index contributed by atoms with van der Waals surface area (Å²) >= 11 is 0. The van der Waals surface area contributed by atoms with Crippen LogP contribution in [0.15, 0.2) is 48.7 Å². The van der Waals surface area contributed by atoms with Crippen molar-refractivity contribution in [3.63, 3.8) is 0 Å². The average molecular weight is 518 g/mol. The van der Waals surface area contributed by atoms with Crippen LogP contribution in [0.4, 0.5) is 17.3 Å². The Balaban J connectivity index is 1.41. The number of benzene rings is 2. The lowest BCUT2D eigenvalue weighted by molar-refractivity contribution is 0.0342. The number of ether oxygens (including phenoxy) is 3. The molecule has 6 bridgehead atoms. The molecule has 2 unspecified atom stereocenters. The number of carbonyl (C=O) groups is 1. The highest BCUT2D eigenvalue weighted by Crippen LogP contribution is 2.29. The minimum atomic E-state index is -0.152. The number of nitrogen functional groups attached to an aromatic ring is 1. The zero-order valence-corrected chi connectivity index (χ0v) is 21.7. The van der Waals surface area contributed by atoms with Crippen LogP contribution in [-0.2, 0) is 16.1 Å². The molecule has 1 saturated heterocycles. The monoisotopic (exact) mass is 517 g/mol. The molecule has 3 aliphatic rings. The number of nitrogens with zero attached hydrogens (tertiary/aromatic N) is 2. The van der Waals surface area contributed by atoms with Crippen molar-refractivity contribution < 1.29 is 19.0 Å². The second-order valence-electron chi connectivity index (χ2n) is 10.1. The first-order valence-electron chi connectivity index (χ1n) is 13.2. The maximum absolute atomic E-state index is 12.7. The topological polar surface area (TPSA) is 121 Å². The first-order chi connectivity index (χ1) is 18.5. The van der Waals surface area contributed by atoms with E-state index in [1.165, 1.54) is 0 Å². The van der Waals surface area contributed by atoms with E-state index in [0.717, 1.165) is 55.0 Å². The smallest absolute Gasteiger partial charge is 0.251 e. The molecule has 4 heterocycles. The van der Waals surface area contributed by atoms with Gasteiger partial charge in [-0.05, 0) is 67.6 Å². The summed E-state index contributed by atoms with van der Waals surface area (Å²) < 4.78 is 17.9. The van der Waals surface area contributed by atoms with Crippen LogP contribution in [0, 0.1) is 11.8 Å². The number of nitrogens with two attached hydrogens (primary N) is 1. The Morgan fingerprint density at radius 3 is 2.87 bits per heavy atom. The van der Waals surface area contributed by atoms with Crippen molar-refractivity contribution in [2.75, 3.05) is 44.0 Å². The number of amides is 1. The highest BCUT2D eigenvalue weighted by molar-refractivity contribution is 5.96. The molecule has 200 valence electrons. The van der Waals surface area contributed by atoms with Gasteiger partial charge in [0.1, 0.15) is 5.75 Å². The molecule has 3 aliphatic heterocycles. The second-order valence-corrected chi connectivity index (χ2v) is 10.1. The van der Waals surface area contributed by atoms with Gasteiger partial charge >= 0.3 is 0 Å². The fourth-order valence-corrected chi connectivity index (χ4v) is 4.68. The van der Waals surface area contributed by atoms with Crippen LogP contribution in [0.3, 0.4) is 0 Å². The van der Waals surface area contributed by atoms with E-state index in [1.54, 1.807) is 24.4 Å². The van der Waals surface area contributed by atoms with Gasteiger partial charge in [0.05, 0.1) is 25.5 Å². The number of hydrogen-bond acceptors (Lipinski definition) is 8. The van der Waals surface area contributed by atoms with Crippen LogP contribution < -0.4 is 21.1 Å². The van der Waals surface area contributed by atoms with Crippen molar-refractivity contribution in [1.82, 2.24) is 15.3 Å². The van der Waals surface area contributed by atoms with Gasteiger partial charge in [0.25, 0.3) is 5.91 Å². The minimum absolute atomic E-state index is 0.152. The fourth-order valence-electron chi connectivity index (χ4n) is 4.68. The predicted molar refractivity (Wildman–Crippen MR) is 146 cm³/mol. The number of aromatic nitrogens is 2. The normalized spacial score (nSPS) is 20.4. The van der Waals surface area contributed by atoms with Crippen molar-refractivity contribution in [2.45, 2.75) is 32.8 Å². The number of anilines is 3. The Morgan fingerprint density at radius 1 is 1.11 bits per heavy atom. The summed E-state index contributed by atoms with van der Waals surface area (Å²) in [6.07, 6.45) is 4.66. The van der Waals surface area contributed by atoms with E-state index < -0.39 is 0 Å². The van der Waals surface area contributed by atoms with E-state index in [4.69, 9.17) is 19.9 Å². The largest absolute Gasteiger partial charge is 0.493 e. The Morgan fingerprint density at radius 2 is 2.03 bits per heavy atom. The quantitative estimate of drug-likeness (QED) is 0.433. The summed E-state index contributed by atoms with van der Waals surface area (Å²) in [6.45, 7) is 5.82. The van der Waals surface area contributed by atoms with Gasteiger partial charge in [-0.2, -0.15) is 0 Å². The molecule has 1 aromatic heterocycles. The molecule has 0 saturated carbocycles. The maximum atomic E-state index is 12.7.